The second-order valence-corrected chi connectivity index (χ2v) is 10.2. The first-order valence-electron chi connectivity index (χ1n) is 11.7. The van der Waals surface area contributed by atoms with Crippen molar-refractivity contribution in [3.63, 3.8) is 0 Å². The van der Waals surface area contributed by atoms with E-state index in [4.69, 9.17) is 18.9 Å². The summed E-state index contributed by atoms with van der Waals surface area (Å²) >= 11 is 0. The summed E-state index contributed by atoms with van der Waals surface area (Å²) in [5.74, 6) is 0.689. The maximum Gasteiger partial charge on any atom is 0.411 e. The van der Waals surface area contributed by atoms with E-state index in [1.54, 1.807) is 27.9 Å². The molecule has 188 valence electrons. The number of nitrogens with zero attached hydrogens (tertiary/aromatic N) is 1. The van der Waals surface area contributed by atoms with E-state index < -0.39 is 17.7 Å². The van der Waals surface area contributed by atoms with Gasteiger partial charge in [0.15, 0.2) is 12.1 Å². The highest BCUT2D eigenvalue weighted by Crippen LogP contribution is 2.30. The number of nitrogens with two attached hydrogens (primary N) is 1. The number of methoxy groups -OCH3 is 1. The summed E-state index contributed by atoms with van der Waals surface area (Å²) in [7, 11) is 1.71. The molecule has 0 aliphatic carbocycles. The monoisotopic (exact) mass is 477 g/mol. The van der Waals surface area contributed by atoms with E-state index in [-0.39, 0.29) is 30.2 Å². The number of aryl methyl sites for hydroxylation is 3. The molecule has 0 radical (unpaired) electrons. The third-order valence-electron chi connectivity index (χ3n) is 6.04. The summed E-state index contributed by atoms with van der Waals surface area (Å²) in [6, 6.07) is 3.99. The van der Waals surface area contributed by atoms with E-state index in [1.807, 2.05) is 0 Å². The number of hydrogen-bond donors (Lipinski definition) is 1. The Morgan fingerprint density at radius 3 is 2.03 bits per heavy atom. The molecule has 4 saturated heterocycles. The van der Waals surface area contributed by atoms with Gasteiger partial charge in [0, 0.05) is 6.42 Å². The van der Waals surface area contributed by atoms with E-state index in [1.165, 1.54) is 21.6 Å². The molecule has 5 rings (SSSR count). The van der Waals surface area contributed by atoms with Gasteiger partial charge >= 0.3 is 18.0 Å². The molecule has 4 bridgehead atoms. The number of benzene rings is 1. The van der Waals surface area contributed by atoms with E-state index >= 15 is 0 Å². The molecule has 1 aromatic rings. The lowest BCUT2D eigenvalue weighted by Crippen LogP contribution is -2.90. The molecule has 4 fully saturated rings. The van der Waals surface area contributed by atoms with Crippen molar-refractivity contribution in [3.8, 4) is 5.75 Å². The molecule has 9 nitrogen and oxygen atoms in total. The van der Waals surface area contributed by atoms with Gasteiger partial charge in [-0.05, 0) is 52.7 Å². The summed E-state index contributed by atoms with van der Waals surface area (Å²) < 4.78 is 20.3. The van der Waals surface area contributed by atoms with Crippen molar-refractivity contribution in [2.24, 2.45) is 0 Å². The Labute approximate surface area is 201 Å². The number of rotatable bonds is 1. The number of morpholine rings is 2. The Morgan fingerprint density at radius 2 is 1.65 bits per heavy atom. The minimum absolute atomic E-state index is 0.0127. The number of carbonyl (C=O) groups is 3. The fraction of sp³-hybridized carbons (Fsp3) is 0.640. The minimum atomic E-state index is -0.525. The first-order valence-corrected chi connectivity index (χ1v) is 11.7. The van der Waals surface area contributed by atoms with Crippen molar-refractivity contribution in [3.05, 3.63) is 28.8 Å². The lowest BCUT2D eigenvalue weighted by molar-refractivity contribution is -0.667. The number of quaternary nitrogens is 1. The molecule has 9 heteroatoms. The number of amides is 1. The van der Waals surface area contributed by atoms with Gasteiger partial charge in [-0.1, -0.05) is 17.7 Å². The molecule has 0 saturated carbocycles. The molecular formula is C25H37N2O7+. The number of esters is 2. The lowest BCUT2D eigenvalue weighted by Gasteiger charge is -2.29. The van der Waals surface area contributed by atoms with Gasteiger partial charge < -0.3 is 24.3 Å². The van der Waals surface area contributed by atoms with Gasteiger partial charge in [-0.2, -0.15) is 0 Å². The summed E-state index contributed by atoms with van der Waals surface area (Å²) in [6.07, 6.45) is 1.24. The normalized spacial score (nSPS) is 26.1. The molecule has 0 aromatic heterocycles. The smallest absolute Gasteiger partial charge is 0.411 e. The summed E-state index contributed by atoms with van der Waals surface area (Å²) in [4.78, 5) is 35.0. The number of carbonyl (C=O) groups excluding carboxylic acids is 3. The lowest BCUT2D eigenvalue weighted by atomic mass is 10.1. The van der Waals surface area contributed by atoms with E-state index in [2.05, 4.69) is 38.2 Å². The van der Waals surface area contributed by atoms with Crippen LogP contribution in [0.2, 0.25) is 0 Å². The largest absolute Gasteiger partial charge is 0.496 e. The molecule has 34 heavy (non-hydrogen) atoms. The van der Waals surface area contributed by atoms with Crippen LogP contribution in [0.1, 0.15) is 50.3 Å². The van der Waals surface area contributed by atoms with Gasteiger partial charge in [0.1, 0.15) is 30.0 Å². The van der Waals surface area contributed by atoms with Crippen molar-refractivity contribution in [1.29, 1.82) is 0 Å². The van der Waals surface area contributed by atoms with Crippen molar-refractivity contribution in [2.45, 2.75) is 84.3 Å². The fourth-order valence-corrected chi connectivity index (χ4v) is 4.69. The van der Waals surface area contributed by atoms with Crippen LogP contribution < -0.4 is 10.1 Å². The molecule has 1 aromatic carbocycles. The van der Waals surface area contributed by atoms with Crippen LogP contribution in [-0.4, -0.2) is 73.0 Å². The number of likely N-dealkylation sites (tertiary alicyclic amines) is 1. The highest BCUT2D eigenvalue weighted by Gasteiger charge is 2.49. The van der Waals surface area contributed by atoms with Gasteiger partial charge in [-0.3, -0.25) is 4.90 Å². The number of fused-ring (bicyclic) bond motifs is 4. The van der Waals surface area contributed by atoms with Crippen molar-refractivity contribution in [2.75, 3.05) is 20.2 Å². The predicted octanol–water partition coefficient (Wildman–Crippen LogP) is 1.79. The Bertz CT molecular complexity index is 917. The van der Waals surface area contributed by atoms with E-state index in [9.17, 15) is 14.4 Å². The van der Waals surface area contributed by atoms with Crippen molar-refractivity contribution < 1.29 is 38.6 Å². The molecule has 4 unspecified atom stereocenters. The Morgan fingerprint density at radius 1 is 1.03 bits per heavy atom. The predicted molar refractivity (Wildman–Crippen MR) is 124 cm³/mol. The van der Waals surface area contributed by atoms with Crippen molar-refractivity contribution >= 4 is 18.0 Å². The molecule has 4 atom stereocenters. The average molecular weight is 478 g/mol. The number of ether oxygens (including phenoxy) is 4. The van der Waals surface area contributed by atoms with Gasteiger partial charge in [0.2, 0.25) is 0 Å². The van der Waals surface area contributed by atoms with Crippen LogP contribution in [-0.2, 0) is 23.8 Å². The Balaban J connectivity index is 0.000000150. The molecule has 4 heterocycles. The van der Waals surface area contributed by atoms with Gasteiger partial charge in [-0.25, -0.2) is 14.4 Å². The summed E-state index contributed by atoms with van der Waals surface area (Å²) in [5, 5.41) is 2.05. The van der Waals surface area contributed by atoms with E-state index in [0.717, 1.165) is 18.7 Å². The third-order valence-corrected chi connectivity index (χ3v) is 6.04. The van der Waals surface area contributed by atoms with Crippen molar-refractivity contribution in [1.82, 2.24) is 4.90 Å². The Kier molecular flexibility index (Phi) is 7.75. The summed E-state index contributed by atoms with van der Waals surface area (Å²) in [6.45, 7) is 13.1. The topological polar surface area (TPSA) is 108 Å². The quantitative estimate of drug-likeness (QED) is 0.485. The maximum atomic E-state index is 11.7. The average Bonchev–Trinajstić information content (AvgIpc) is 3.48. The maximum absolute atomic E-state index is 11.7. The van der Waals surface area contributed by atoms with Crippen LogP contribution in [0.5, 0.6) is 5.75 Å². The molecule has 1 amide bonds. The van der Waals surface area contributed by atoms with Crippen LogP contribution in [0.15, 0.2) is 12.1 Å². The minimum Gasteiger partial charge on any atom is -0.496 e. The molecule has 2 N–H and O–H groups in total. The van der Waals surface area contributed by atoms with E-state index in [0.29, 0.717) is 13.0 Å². The van der Waals surface area contributed by atoms with Crippen LogP contribution in [0.25, 0.3) is 0 Å². The van der Waals surface area contributed by atoms with Gasteiger partial charge in [0.25, 0.3) is 0 Å². The first kappa shape index (κ1) is 25.8. The highest BCUT2D eigenvalue weighted by molar-refractivity contribution is 5.85. The first-order chi connectivity index (χ1) is 15.9. The highest BCUT2D eigenvalue weighted by atomic mass is 16.6. The summed E-state index contributed by atoms with van der Waals surface area (Å²) in [5.41, 5.74) is 3.19. The van der Waals surface area contributed by atoms with Gasteiger partial charge in [0.05, 0.1) is 20.1 Å². The molecule has 0 spiro atoms. The zero-order valence-electron chi connectivity index (χ0n) is 21.2. The second-order valence-electron chi connectivity index (χ2n) is 10.2. The zero-order valence-corrected chi connectivity index (χ0v) is 21.2. The third kappa shape index (κ3) is 6.20. The fourth-order valence-electron chi connectivity index (χ4n) is 4.69. The molecular weight excluding hydrogens is 440 g/mol. The number of hydrogen-bond acceptors (Lipinski definition) is 7. The van der Waals surface area contributed by atoms with Crippen LogP contribution in [0, 0.1) is 20.8 Å². The Hall–Kier alpha value is -2.81. The zero-order chi connectivity index (χ0) is 25.2. The molecule has 4 aliphatic heterocycles. The SMILES string of the molecule is CC(C)(C)OC(=O)N1CC2CC1C(=O)O2.COc1c(C)cc(C)cc1C.O=C1OC2C[NH2+]C1C2. The standard InChI is InChI=1S/C10H15NO4.C10H14O.C5H7NO2/c1-10(2,3)15-9(13)11-5-6-4-7(11)8(12)14-6;1-7-5-8(2)10(11-4)9(3)6-7;7-5-4-1-3(8-5)2-6-4/h6-7H,4-5H2,1-3H3;5-6H,1-4H3;3-4,6H,1-2H2/p+1. The molecule has 4 aliphatic rings. The van der Waals surface area contributed by atoms with Gasteiger partial charge in [-0.15, -0.1) is 0 Å². The van der Waals surface area contributed by atoms with Crippen LogP contribution in [0.3, 0.4) is 0 Å². The van der Waals surface area contributed by atoms with Crippen LogP contribution in [0.4, 0.5) is 4.79 Å². The van der Waals surface area contributed by atoms with Crippen LogP contribution >= 0.6 is 0 Å². The second kappa shape index (κ2) is 10.2.